The predicted octanol–water partition coefficient (Wildman–Crippen LogP) is -0.326. The Kier molecular flexibility index (Phi) is 5.90. The molecule has 7 nitrogen and oxygen atoms in total. The highest BCUT2D eigenvalue weighted by Gasteiger charge is 2.24. The van der Waals surface area contributed by atoms with Crippen LogP contribution in [0.2, 0.25) is 0 Å². The summed E-state index contributed by atoms with van der Waals surface area (Å²) in [6.07, 6.45) is -1.08. The number of rotatable bonds is 5. The first kappa shape index (κ1) is 15.7. The molecule has 100 valence electrons. The van der Waals surface area contributed by atoms with Crippen molar-refractivity contribution in [3.05, 3.63) is 0 Å². The molecule has 0 aromatic heterocycles. The number of aliphatic hydroxyl groups is 1. The maximum Gasteiger partial charge on any atom is 0.408 e. The Balaban J connectivity index is 4.30. The second kappa shape index (κ2) is 6.41. The van der Waals surface area contributed by atoms with Crippen LogP contribution >= 0.6 is 0 Å². The van der Waals surface area contributed by atoms with Gasteiger partial charge in [-0.3, -0.25) is 4.79 Å². The Bertz CT molecular complexity index is 274. The summed E-state index contributed by atoms with van der Waals surface area (Å²) in [4.78, 5) is 21.8. The average Bonchev–Trinajstić information content (AvgIpc) is 2.09. The third kappa shape index (κ3) is 7.53. The largest absolute Gasteiger partial charge is 0.481 e. The number of aliphatic hydroxyl groups excluding tert-OH is 1. The van der Waals surface area contributed by atoms with Gasteiger partial charge < -0.3 is 26.0 Å². The summed E-state index contributed by atoms with van der Waals surface area (Å²) in [6, 6.07) is -1.72. The van der Waals surface area contributed by atoms with Crippen LogP contribution in [0.5, 0.6) is 0 Å². The molecule has 0 rings (SSSR count). The Labute approximate surface area is 99.9 Å². The van der Waals surface area contributed by atoms with Gasteiger partial charge in [0, 0.05) is 6.04 Å². The van der Waals surface area contributed by atoms with Crippen molar-refractivity contribution in [3.63, 3.8) is 0 Å². The number of carbonyl (C=O) groups excluding carboxylic acids is 1. The topological polar surface area (TPSA) is 122 Å². The fourth-order valence-electron chi connectivity index (χ4n) is 1.09. The van der Waals surface area contributed by atoms with Crippen LogP contribution in [0, 0.1) is 0 Å². The van der Waals surface area contributed by atoms with Crippen LogP contribution in [0.25, 0.3) is 0 Å². The lowest BCUT2D eigenvalue weighted by atomic mass is 10.1. The maximum atomic E-state index is 11.4. The van der Waals surface area contributed by atoms with E-state index in [1.165, 1.54) is 0 Å². The second-order valence-corrected chi connectivity index (χ2v) is 4.70. The number of carboxylic acids is 1. The number of amides is 1. The SMILES string of the molecule is CC(C)(C)OC(=O)N[C@H](CO)[C@@H](N)CC(=O)O. The standard InChI is InChI=1S/C10H20N2O5/c1-10(2,3)17-9(16)12-7(5-13)6(11)4-8(14)15/h6-7,13H,4-5,11H2,1-3H3,(H,12,16)(H,14,15)/t6-,7+/m0/s1. The molecule has 2 atom stereocenters. The van der Waals surface area contributed by atoms with E-state index >= 15 is 0 Å². The van der Waals surface area contributed by atoms with Crippen molar-refractivity contribution >= 4 is 12.1 Å². The molecule has 5 N–H and O–H groups in total. The number of nitrogens with one attached hydrogen (secondary N) is 1. The van der Waals surface area contributed by atoms with Gasteiger partial charge in [0.05, 0.1) is 19.1 Å². The van der Waals surface area contributed by atoms with Gasteiger partial charge in [-0.1, -0.05) is 0 Å². The van der Waals surface area contributed by atoms with Crippen LogP contribution in [0.15, 0.2) is 0 Å². The van der Waals surface area contributed by atoms with E-state index in [4.69, 9.17) is 20.7 Å². The average molecular weight is 248 g/mol. The maximum absolute atomic E-state index is 11.4. The van der Waals surface area contributed by atoms with Gasteiger partial charge in [0.1, 0.15) is 5.60 Å². The normalized spacial score (nSPS) is 14.9. The third-order valence-electron chi connectivity index (χ3n) is 1.83. The van der Waals surface area contributed by atoms with E-state index in [1.54, 1.807) is 20.8 Å². The molecule has 0 saturated heterocycles. The van der Waals surface area contributed by atoms with Crippen molar-refractivity contribution in [2.45, 2.75) is 44.9 Å². The zero-order valence-electron chi connectivity index (χ0n) is 10.3. The van der Waals surface area contributed by atoms with E-state index in [0.717, 1.165) is 0 Å². The van der Waals surface area contributed by atoms with Crippen molar-refractivity contribution in [2.75, 3.05) is 6.61 Å². The van der Waals surface area contributed by atoms with Crippen LogP contribution in [0.1, 0.15) is 27.2 Å². The van der Waals surface area contributed by atoms with Gasteiger partial charge in [-0.15, -0.1) is 0 Å². The number of ether oxygens (including phenoxy) is 1. The summed E-state index contributed by atoms with van der Waals surface area (Å²) >= 11 is 0. The first-order valence-electron chi connectivity index (χ1n) is 5.23. The minimum Gasteiger partial charge on any atom is -0.481 e. The highest BCUT2D eigenvalue weighted by atomic mass is 16.6. The predicted molar refractivity (Wildman–Crippen MR) is 60.5 cm³/mol. The van der Waals surface area contributed by atoms with Gasteiger partial charge >= 0.3 is 12.1 Å². The van der Waals surface area contributed by atoms with Crippen LogP contribution in [0.3, 0.4) is 0 Å². The molecule has 0 radical (unpaired) electrons. The van der Waals surface area contributed by atoms with E-state index < -0.39 is 36.4 Å². The first-order chi connectivity index (χ1) is 7.65. The first-order valence-corrected chi connectivity index (χ1v) is 5.23. The van der Waals surface area contributed by atoms with Crippen LogP contribution < -0.4 is 11.1 Å². The van der Waals surface area contributed by atoms with Crippen molar-refractivity contribution in [3.8, 4) is 0 Å². The van der Waals surface area contributed by atoms with Gasteiger partial charge in [0.2, 0.25) is 0 Å². The molecule has 0 unspecified atom stereocenters. The molecular formula is C10H20N2O5. The highest BCUT2D eigenvalue weighted by molar-refractivity contribution is 5.69. The van der Waals surface area contributed by atoms with Gasteiger partial charge in [0.25, 0.3) is 0 Å². The van der Waals surface area contributed by atoms with Crippen molar-refractivity contribution in [1.29, 1.82) is 0 Å². The minimum atomic E-state index is -1.10. The van der Waals surface area contributed by atoms with E-state index in [9.17, 15) is 9.59 Å². The fourth-order valence-corrected chi connectivity index (χ4v) is 1.09. The molecule has 0 saturated carbocycles. The Morgan fingerprint density at radius 2 is 1.94 bits per heavy atom. The number of aliphatic carboxylic acids is 1. The fraction of sp³-hybridized carbons (Fsp3) is 0.800. The lowest BCUT2D eigenvalue weighted by Gasteiger charge is -2.25. The van der Waals surface area contributed by atoms with E-state index in [-0.39, 0.29) is 6.42 Å². The quantitative estimate of drug-likeness (QED) is 0.528. The van der Waals surface area contributed by atoms with E-state index in [0.29, 0.717) is 0 Å². The van der Waals surface area contributed by atoms with Crippen molar-refractivity contribution in [2.24, 2.45) is 5.73 Å². The van der Waals surface area contributed by atoms with Gasteiger partial charge in [-0.2, -0.15) is 0 Å². The van der Waals surface area contributed by atoms with E-state index in [2.05, 4.69) is 5.32 Å². The third-order valence-corrected chi connectivity index (χ3v) is 1.83. The summed E-state index contributed by atoms with van der Waals surface area (Å²) in [5.41, 5.74) is 4.86. The molecular weight excluding hydrogens is 228 g/mol. The molecule has 0 aliphatic heterocycles. The number of nitrogens with two attached hydrogens (primary N) is 1. The summed E-state index contributed by atoms with van der Waals surface area (Å²) in [7, 11) is 0. The Morgan fingerprint density at radius 1 is 1.41 bits per heavy atom. The molecule has 0 bridgehead atoms. The Morgan fingerprint density at radius 3 is 2.29 bits per heavy atom. The zero-order chi connectivity index (χ0) is 13.6. The van der Waals surface area contributed by atoms with Gasteiger partial charge in [-0.25, -0.2) is 4.79 Å². The lowest BCUT2D eigenvalue weighted by Crippen LogP contribution is -2.51. The van der Waals surface area contributed by atoms with Gasteiger partial charge in [-0.05, 0) is 20.8 Å². The number of carboxylic acid groups (broad SMARTS) is 1. The number of hydrogen-bond acceptors (Lipinski definition) is 5. The molecule has 0 heterocycles. The van der Waals surface area contributed by atoms with E-state index in [1.807, 2.05) is 0 Å². The van der Waals surface area contributed by atoms with Crippen LogP contribution in [-0.2, 0) is 9.53 Å². The summed E-state index contributed by atoms with van der Waals surface area (Å²) in [5, 5.41) is 19.9. The molecule has 7 heteroatoms. The van der Waals surface area contributed by atoms with Crippen LogP contribution in [-0.4, -0.2) is 46.6 Å². The summed E-state index contributed by atoms with van der Waals surface area (Å²) < 4.78 is 4.96. The van der Waals surface area contributed by atoms with Crippen molar-refractivity contribution < 1.29 is 24.5 Å². The number of alkyl carbamates (subject to hydrolysis) is 1. The molecule has 0 fully saturated rings. The highest BCUT2D eigenvalue weighted by Crippen LogP contribution is 2.07. The molecule has 0 spiro atoms. The molecule has 0 aliphatic carbocycles. The lowest BCUT2D eigenvalue weighted by molar-refractivity contribution is -0.137. The second-order valence-electron chi connectivity index (χ2n) is 4.70. The Hall–Kier alpha value is -1.34. The number of hydrogen-bond donors (Lipinski definition) is 4. The van der Waals surface area contributed by atoms with Crippen molar-refractivity contribution in [1.82, 2.24) is 5.32 Å². The molecule has 0 aliphatic rings. The minimum absolute atomic E-state index is 0.346. The van der Waals surface area contributed by atoms with Crippen LogP contribution in [0.4, 0.5) is 4.79 Å². The summed E-state index contributed by atoms with van der Waals surface area (Å²) in [6.45, 7) is 4.63. The smallest absolute Gasteiger partial charge is 0.408 e. The van der Waals surface area contributed by atoms with Gasteiger partial charge in [0.15, 0.2) is 0 Å². The molecule has 17 heavy (non-hydrogen) atoms. The molecule has 1 amide bonds. The monoisotopic (exact) mass is 248 g/mol. The number of carbonyl (C=O) groups is 2. The summed E-state index contributed by atoms with van der Waals surface area (Å²) in [5.74, 6) is -1.10. The molecule has 0 aromatic rings. The molecule has 0 aromatic carbocycles. The zero-order valence-corrected chi connectivity index (χ0v) is 10.3.